The fraction of sp³-hybridized carbons (Fsp3) is 0.759. The predicted octanol–water partition coefficient (Wildman–Crippen LogP) is 4.59. The van der Waals surface area contributed by atoms with E-state index < -0.39 is 18.0 Å². The highest BCUT2D eigenvalue weighted by Gasteiger charge is 2.67. The van der Waals surface area contributed by atoms with E-state index in [4.69, 9.17) is 18.9 Å². The molecule has 0 aromatic heterocycles. The van der Waals surface area contributed by atoms with Gasteiger partial charge in [0, 0.05) is 25.9 Å². The summed E-state index contributed by atoms with van der Waals surface area (Å²) < 4.78 is 24.5. The highest BCUT2D eigenvalue weighted by molar-refractivity contribution is 5.89. The van der Waals surface area contributed by atoms with Crippen LogP contribution in [0.1, 0.15) is 69.2 Å². The number of rotatable bonds is 3. The lowest BCUT2D eigenvalue weighted by Gasteiger charge is -2.64. The first-order chi connectivity index (χ1) is 16.8. The number of carbonyl (C=O) groups excluding carboxylic acids is 1. The minimum Gasteiger partial charge on any atom is -0.456 e. The first kappa shape index (κ1) is 23.9. The van der Waals surface area contributed by atoms with Gasteiger partial charge >= 0.3 is 5.97 Å². The Labute approximate surface area is 208 Å². The number of benzene rings is 1. The summed E-state index contributed by atoms with van der Waals surface area (Å²) in [6.07, 6.45) is 5.73. The van der Waals surface area contributed by atoms with Gasteiger partial charge in [0.1, 0.15) is 6.10 Å². The van der Waals surface area contributed by atoms with Gasteiger partial charge in [0.15, 0.2) is 5.79 Å². The summed E-state index contributed by atoms with van der Waals surface area (Å²) in [6, 6.07) is 9.15. The Hall–Kier alpha value is -1.47. The summed E-state index contributed by atoms with van der Waals surface area (Å²) in [5, 5.41) is 12.1. The minimum atomic E-state index is -0.706. The Balaban J connectivity index is 1.38. The molecule has 4 aliphatic carbocycles. The third-order valence-corrected chi connectivity index (χ3v) is 11.0. The molecule has 1 spiro atoms. The molecular formula is C29H40O6. The van der Waals surface area contributed by atoms with Crippen LogP contribution in [0.15, 0.2) is 30.3 Å². The topological polar surface area (TPSA) is 74.2 Å². The molecule has 5 fully saturated rings. The lowest BCUT2D eigenvalue weighted by Crippen LogP contribution is -2.66. The van der Waals surface area contributed by atoms with Gasteiger partial charge in [0.05, 0.1) is 31.0 Å². The summed E-state index contributed by atoms with van der Waals surface area (Å²) >= 11 is 0. The molecule has 6 heteroatoms. The van der Waals surface area contributed by atoms with Gasteiger partial charge in [-0.05, 0) is 72.8 Å². The molecular weight excluding hydrogens is 444 g/mol. The molecule has 1 aliphatic heterocycles. The van der Waals surface area contributed by atoms with Crippen molar-refractivity contribution >= 4 is 5.97 Å². The van der Waals surface area contributed by atoms with Crippen LogP contribution in [-0.2, 0) is 18.9 Å². The maximum atomic E-state index is 13.3. The second kappa shape index (κ2) is 8.54. The fourth-order valence-corrected chi connectivity index (χ4v) is 9.18. The van der Waals surface area contributed by atoms with Crippen molar-refractivity contribution in [2.45, 2.75) is 82.9 Å². The van der Waals surface area contributed by atoms with Crippen molar-refractivity contribution < 1.29 is 28.8 Å². The first-order valence-corrected chi connectivity index (χ1v) is 13.6. The number of hydrogen-bond acceptors (Lipinski definition) is 6. The number of carbonyl (C=O) groups is 1. The molecule has 6 rings (SSSR count). The number of hydrogen-bond donors (Lipinski definition) is 1. The fourth-order valence-electron chi connectivity index (χ4n) is 9.18. The molecule has 192 valence electrons. The third kappa shape index (κ3) is 3.54. The summed E-state index contributed by atoms with van der Waals surface area (Å²) in [5.74, 6) is -0.117. The normalized spacial score (nSPS) is 46.0. The van der Waals surface area contributed by atoms with Gasteiger partial charge in [-0.25, -0.2) is 4.79 Å². The smallest absolute Gasteiger partial charge is 0.338 e. The number of esters is 1. The van der Waals surface area contributed by atoms with Gasteiger partial charge < -0.3 is 24.1 Å². The lowest BCUT2D eigenvalue weighted by molar-refractivity contribution is -0.270. The van der Waals surface area contributed by atoms with Gasteiger partial charge in [0.2, 0.25) is 0 Å². The zero-order valence-corrected chi connectivity index (χ0v) is 21.3. The van der Waals surface area contributed by atoms with Crippen LogP contribution in [0.4, 0.5) is 0 Å². The van der Waals surface area contributed by atoms with Crippen molar-refractivity contribution in [3.05, 3.63) is 35.9 Å². The predicted molar refractivity (Wildman–Crippen MR) is 130 cm³/mol. The van der Waals surface area contributed by atoms with Crippen LogP contribution < -0.4 is 0 Å². The first-order valence-electron chi connectivity index (χ1n) is 13.6. The standard InChI is InChI=1S/C29H40O6/c1-27-13-14-29(33-15-16-34-29)17-21(27)25(35-26(31)18-7-5-4-6-8-18)24(30)23-19-9-10-22(32-3)28(19,2)12-11-20(23)27/h4-8,19-25,30H,9-17H2,1-3H3/t19-,20-,21+,22-,23-,24+,25+,27+,28-/m0/s1. The zero-order valence-electron chi connectivity index (χ0n) is 21.3. The van der Waals surface area contributed by atoms with Crippen molar-refractivity contribution in [3.63, 3.8) is 0 Å². The van der Waals surface area contributed by atoms with Crippen LogP contribution >= 0.6 is 0 Å². The number of fused-ring (bicyclic) bond motifs is 5. The molecule has 1 N–H and O–H groups in total. The van der Waals surface area contributed by atoms with E-state index in [0.29, 0.717) is 37.0 Å². The van der Waals surface area contributed by atoms with Crippen molar-refractivity contribution in [2.24, 2.45) is 34.5 Å². The molecule has 0 unspecified atom stereocenters. The molecule has 6 nitrogen and oxygen atoms in total. The average molecular weight is 485 g/mol. The number of methoxy groups -OCH3 is 1. The molecule has 5 aliphatic rings. The molecule has 0 radical (unpaired) electrons. The lowest BCUT2D eigenvalue weighted by atomic mass is 9.43. The maximum Gasteiger partial charge on any atom is 0.338 e. The molecule has 9 atom stereocenters. The Morgan fingerprint density at radius 3 is 2.37 bits per heavy atom. The minimum absolute atomic E-state index is 0.0118. The van der Waals surface area contributed by atoms with Crippen molar-refractivity contribution in [1.29, 1.82) is 0 Å². The summed E-state index contributed by atoms with van der Waals surface area (Å²) in [4.78, 5) is 13.3. The highest BCUT2D eigenvalue weighted by atomic mass is 16.7. The van der Waals surface area contributed by atoms with Gasteiger partial charge in [0.25, 0.3) is 0 Å². The molecule has 35 heavy (non-hydrogen) atoms. The number of ether oxygens (including phenoxy) is 4. The van der Waals surface area contributed by atoms with E-state index in [1.54, 1.807) is 12.1 Å². The van der Waals surface area contributed by atoms with Gasteiger partial charge in [-0.2, -0.15) is 0 Å². The summed E-state index contributed by atoms with van der Waals surface area (Å²) in [7, 11) is 1.83. The second-order valence-corrected chi connectivity index (χ2v) is 12.3. The van der Waals surface area contributed by atoms with E-state index in [9.17, 15) is 9.90 Å². The Kier molecular flexibility index (Phi) is 5.83. The quantitative estimate of drug-likeness (QED) is 0.633. The van der Waals surface area contributed by atoms with Crippen LogP contribution in [0, 0.1) is 34.5 Å². The van der Waals surface area contributed by atoms with Crippen LogP contribution in [0.3, 0.4) is 0 Å². The molecule has 0 bridgehead atoms. The molecule has 0 amide bonds. The third-order valence-electron chi connectivity index (χ3n) is 11.0. The SMILES string of the molecule is CO[C@H]1CC[C@H]2[C@@H]3[C@@H](O)[C@H](OC(=O)c4ccccc4)[C@H]4CC5(CC[C@]4(C)[C@H]3CC[C@]12C)OCCO5. The van der Waals surface area contributed by atoms with Crippen LogP contribution in [0.25, 0.3) is 0 Å². The largest absolute Gasteiger partial charge is 0.456 e. The summed E-state index contributed by atoms with van der Waals surface area (Å²) in [5.41, 5.74) is 0.538. The van der Waals surface area contributed by atoms with Crippen LogP contribution in [-0.4, -0.2) is 55.5 Å². The Morgan fingerprint density at radius 2 is 1.66 bits per heavy atom. The van der Waals surface area contributed by atoms with Crippen molar-refractivity contribution in [2.75, 3.05) is 20.3 Å². The number of aliphatic hydroxyl groups is 1. The Bertz CT molecular complexity index is 944. The van der Waals surface area contributed by atoms with E-state index in [-0.39, 0.29) is 34.7 Å². The average Bonchev–Trinajstić information content (AvgIpc) is 3.47. The van der Waals surface area contributed by atoms with Crippen LogP contribution in [0.5, 0.6) is 0 Å². The van der Waals surface area contributed by atoms with E-state index in [0.717, 1.165) is 38.5 Å². The number of aliphatic hydroxyl groups excluding tert-OH is 1. The van der Waals surface area contributed by atoms with E-state index >= 15 is 0 Å². The second-order valence-electron chi connectivity index (χ2n) is 12.3. The molecule has 1 saturated heterocycles. The van der Waals surface area contributed by atoms with Gasteiger partial charge in [-0.1, -0.05) is 32.0 Å². The molecule has 1 heterocycles. The monoisotopic (exact) mass is 484 g/mol. The maximum absolute atomic E-state index is 13.3. The van der Waals surface area contributed by atoms with Gasteiger partial charge in [-0.3, -0.25) is 0 Å². The van der Waals surface area contributed by atoms with Crippen molar-refractivity contribution in [3.8, 4) is 0 Å². The zero-order chi connectivity index (χ0) is 24.4. The van der Waals surface area contributed by atoms with Gasteiger partial charge in [-0.15, -0.1) is 0 Å². The summed E-state index contributed by atoms with van der Waals surface area (Å²) in [6.45, 7) is 5.95. The van der Waals surface area contributed by atoms with E-state index in [1.807, 2.05) is 25.3 Å². The Morgan fingerprint density at radius 1 is 0.943 bits per heavy atom. The molecule has 1 aromatic rings. The van der Waals surface area contributed by atoms with E-state index in [1.165, 1.54) is 0 Å². The van der Waals surface area contributed by atoms with Crippen molar-refractivity contribution in [1.82, 2.24) is 0 Å². The highest BCUT2D eigenvalue weighted by Crippen LogP contribution is 2.68. The van der Waals surface area contributed by atoms with E-state index in [2.05, 4.69) is 13.8 Å². The molecule has 1 aromatic carbocycles. The van der Waals surface area contributed by atoms with Crippen LogP contribution in [0.2, 0.25) is 0 Å². The molecule has 4 saturated carbocycles.